The third kappa shape index (κ3) is 5.85. The number of alkyl halides is 3. The lowest BCUT2D eigenvalue weighted by molar-refractivity contribution is -0.138. The molecule has 1 unspecified atom stereocenters. The van der Waals surface area contributed by atoms with E-state index in [1.807, 2.05) is 29.2 Å². The van der Waals surface area contributed by atoms with Gasteiger partial charge in [0, 0.05) is 43.5 Å². The first kappa shape index (κ1) is 28.8. The molecule has 0 amide bonds. The number of methoxy groups -OCH3 is 1. The van der Waals surface area contributed by atoms with Crippen molar-refractivity contribution in [3.8, 4) is 11.5 Å². The number of hydrogen-bond donors (Lipinski definition) is 1. The minimum Gasteiger partial charge on any atom is -0.497 e. The highest BCUT2D eigenvalue weighted by molar-refractivity contribution is 14.1. The van der Waals surface area contributed by atoms with E-state index in [4.69, 9.17) is 7.80 Å². The Balaban J connectivity index is 1.60. The summed E-state index contributed by atoms with van der Waals surface area (Å²) in [6, 6.07) is 13.7. The van der Waals surface area contributed by atoms with Gasteiger partial charge in [-0.1, -0.05) is 18.2 Å². The number of carbonyl (C=O) groups is 1. The van der Waals surface area contributed by atoms with Gasteiger partial charge in [0.1, 0.15) is 17.3 Å². The highest BCUT2D eigenvalue weighted by Crippen LogP contribution is 2.46. The normalized spacial score (nSPS) is 17.2. The van der Waals surface area contributed by atoms with Crippen molar-refractivity contribution in [2.75, 3.05) is 43.1 Å². The van der Waals surface area contributed by atoms with Crippen LogP contribution in [0.15, 0.2) is 65.7 Å². The molecule has 2 heterocycles. The molecule has 5 rings (SSSR count). The van der Waals surface area contributed by atoms with Gasteiger partial charge in [0.05, 0.1) is 30.8 Å². The maximum absolute atomic E-state index is 15.1. The highest BCUT2D eigenvalue weighted by atomic mass is 127. The number of benzene rings is 3. The summed E-state index contributed by atoms with van der Waals surface area (Å²) < 4.78 is 67.3. The smallest absolute Gasteiger partial charge is 0.416 e. The zero-order chi connectivity index (χ0) is 29.3. The number of rotatable bonds is 6. The van der Waals surface area contributed by atoms with Gasteiger partial charge in [-0.15, -0.1) is 0 Å². The molecule has 3 aromatic carbocycles. The van der Waals surface area contributed by atoms with Crippen molar-refractivity contribution in [1.82, 2.24) is 4.90 Å². The van der Waals surface area contributed by atoms with Crippen LogP contribution < -0.4 is 17.6 Å². The largest absolute Gasteiger partial charge is 0.497 e. The fourth-order valence-corrected chi connectivity index (χ4v) is 5.51. The maximum Gasteiger partial charge on any atom is 0.416 e. The number of guanidine groups is 1. The van der Waals surface area contributed by atoms with Crippen LogP contribution in [0.3, 0.4) is 0 Å². The molecular formula is C28H25F4IN4O4. The second-order valence-electron chi connectivity index (χ2n) is 9.51. The minimum atomic E-state index is -4.67. The van der Waals surface area contributed by atoms with Crippen LogP contribution in [0.1, 0.15) is 23.6 Å². The lowest BCUT2D eigenvalue weighted by atomic mass is 9.96. The third-order valence-corrected chi connectivity index (χ3v) is 7.57. The first-order valence-corrected chi connectivity index (χ1v) is 13.5. The van der Waals surface area contributed by atoms with E-state index in [-0.39, 0.29) is 28.6 Å². The van der Waals surface area contributed by atoms with Gasteiger partial charge >= 0.3 is 12.1 Å². The van der Waals surface area contributed by atoms with Crippen LogP contribution in [0.5, 0.6) is 11.5 Å². The van der Waals surface area contributed by atoms with Gasteiger partial charge < -0.3 is 27.6 Å². The van der Waals surface area contributed by atoms with Gasteiger partial charge in [-0.2, -0.15) is 13.2 Å². The summed E-state index contributed by atoms with van der Waals surface area (Å²) in [4.78, 5) is 22.0. The number of fused-ring (bicyclic) bond motifs is 1. The molecule has 0 saturated carbocycles. The Morgan fingerprint density at radius 1 is 1.05 bits per heavy atom. The number of carboxylic acids is 1. The first-order valence-electron chi connectivity index (χ1n) is 12.6. The van der Waals surface area contributed by atoms with Crippen LogP contribution in [0.25, 0.3) is 0 Å². The summed E-state index contributed by atoms with van der Waals surface area (Å²) in [5.41, 5.74) is 0.188. The second kappa shape index (κ2) is 11.6. The monoisotopic (exact) mass is 684 g/mol. The fourth-order valence-electron chi connectivity index (χ4n) is 5.14. The SMILES string of the molecule is COc1cccc(N2CCN(C3=Nc4c(F)cccc4C(CC(=O)O)N3c3cc(C(F)(F)F)ccc3OI)CC2)c1. The number of aliphatic imine (C=N–C) groups is 1. The number of ether oxygens (including phenoxy) is 1. The van der Waals surface area contributed by atoms with E-state index < -0.39 is 36.0 Å². The third-order valence-electron chi connectivity index (χ3n) is 7.09. The van der Waals surface area contributed by atoms with Crippen LogP contribution in [0, 0.1) is 5.82 Å². The number of halogens is 5. The molecule has 0 aromatic heterocycles. The van der Waals surface area contributed by atoms with Crippen LogP contribution in [0.4, 0.5) is 34.6 Å². The molecule has 216 valence electrons. The molecule has 0 radical (unpaired) electrons. The Morgan fingerprint density at radius 2 is 1.76 bits per heavy atom. The Bertz CT molecular complexity index is 1480. The molecule has 8 nitrogen and oxygen atoms in total. The van der Waals surface area contributed by atoms with Crippen LogP contribution in [-0.4, -0.2) is 55.2 Å². The van der Waals surface area contributed by atoms with Crippen molar-refractivity contribution in [3.63, 3.8) is 0 Å². The number of nitrogens with zero attached hydrogens (tertiary/aromatic N) is 4. The number of para-hydroxylation sites is 1. The van der Waals surface area contributed by atoms with E-state index in [0.717, 1.165) is 17.8 Å². The van der Waals surface area contributed by atoms with E-state index in [9.17, 15) is 23.1 Å². The van der Waals surface area contributed by atoms with Gasteiger partial charge in [0.2, 0.25) is 5.96 Å². The molecule has 2 aliphatic rings. The average molecular weight is 684 g/mol. The molecule has 41 heavy (non-hydrogen) atoms. The van der Waals surface area contributed by atoms with Gasteiger partial charge in [0.25, 0.3) is 0 Å². The number of aliphatic carboxylic acids is 1. The average Bonchev–Trinajstić information content (AvgIpc) is 2.96. The fraction of sp³-hybridized carbons (Fsp3) is 0.286. The quantitative estimate of drug-likeness (QED) is 0.237. The molecule has 1 saturated heterocycles. The number of hydrogen-bond acceptors (Lipinski definition) is 7. The van der Waals surface area contributed by atoms with Crippen LogP contribution in [-0.2, 0) is 11.0 Å². The number of anilines is 2. The zero-order valence-corrected chi connectivity index (χ0v) is 23.9. The van der Waals surface area contributed by atoms with Crippen molar-refractivity contribution in [3.05, 3.63) is 77.6 Å². The number of piperazine rings is 1. The summed E-state index contributed by atoms with van der Waals surface area (Å²) in [5.74, 6) is -0.931. The topological polar surface area (TPSA) is 77.8 Å². The van der Waals surface area contributed by atoms with Crippen LogP contribution in [0.2, 0.25) is 0 Å². The van der Waals surface area contributed by atoms with Gasteiger partial charge in [-0.25, -0.2) is 9.38 Å². The molecule has 1 N–H and O–H groups in total. The molecule has 3 aromatic rings. The summed E-state index contributed by atoms with van der Waals surface area (Å²) in [6.07, 6.45) is -5.18. The van der Waals surface area contributed by atoms with Crippen molar-refractivity contribution >= 4 is 52.0 Å². The molecule has 0 bridgehead atoms. The van der Waals surface area contributed by atoms with E-state index in [1.165, 1.54) is 29.2 Å². The molecule has 0 spiro atoms. The highest BCUT2D eigenvalue weighted by Gasteiger charge is 2.40. The van der Waals surface area contributed by atoms with E-state index in [0.29, 0.717) is 31.9 Å². The van der Waals surface area contributed by atoms with E-state index >= 15 is 4.39 Å². The van der Waals surface area contributed by atoms with Crippen molar-refractivity contribution in [2.24, 2.45) is 4.99 Å². The van der Waals surface area contributed by atoms with Crippen molar-refractivity contribution < 1.29 is 35.3 Å². The predicted molar refractivity (Wildman–Crippen MR) is 154 cm³/mol. The molecule has 1 atom stereocenters. The molecule has 0 aliphatic carbocycles. The molecule has 2 aliphatic heterocycles. The Hall–Kier alpha value is -3.75. The Labute approximate surface area is 247 Å². The summed E-state index contributed by atoms with van der Waals surface area (Å²) in [7, 11) is 1.58. The Kier molecular flexibility index (Phi) is 8.16. The standard InChI is InChI=1S/C28H25F4IN4O4/c1-40-19-5-2-4-18(15-19)35-10-12-36(13-11-35)27-34-26-20(6-3-7-21(26)29)22(16-25(38)39)37(27)23-14-17(28(30,31)32)8-9-24(23)41-33/h2-9,14-15,22H,10-13,16H2,1H3,(H,38,39). The van der Waals surface area contributed by atoms with Gasteiger partial charge in [-0.3, -0.25) is 4.79 Å². The van der Waals surface area contributed by atoms with Crippen molar-refractivity contribution in [2.45, 2.75) is 18.6 Å². The minimum absolute atomic E-state index is 0.0237. The summed E-state index contributed by atoms with van der Waals surface area (Å²) in [6.45, 7) is 1.81. The second-order valence-corrected chi connectivity index (χ2v) is 9.95. The molecular weight excluding hydrogens is 659 g/mol. The lowest BCUT2D eigenvalue weighted by Crippen LogP contribution is -2.55. The zero-order valence-electron chi connectivity index (χ0n) is 21.7. The number of carboxylic acid groups (broad SMARTS) is 1. The summed E-state index contributed by atoms with van der Waals surface area (Å²) in [5, 5.41) is 9.83. The summed E-state index contributed by atoms with van der Waals surface area (Å²) >= 11 is 1.57. The first-order chi connectivity index (χ1) is 19.6. The molecule has 13 heteroatoms. The predicted octanol–water partition coefficient (Wildman–Crippen LogP) is 6.43. The van der Waals surface area contributed by atoms with Crippen molar-refractivity contribution in [1.29, 1.82) is 0 Å². The lowest BCUT2D eigenvalue weighted by Gasteiger charge is -2.45. The van der Waals surface area contributed by atoms with E-state index in [2.05, 4.69) is 9.89 Å². The van der Waals surface area contributed by atoms with E-state index in [1.54, 1.807) is 30.1 Å². The van der Waals surface area contributed by atoms with Gasteiger partial charge in [0.15, 0.2) is 28.8 Å². The maximum atomic E-state index is 15.1. The van der Waals surface area contributed by atoms with Crippen LogP contribution >= 0.6 is 23.0 Å². The van der Waals surface area contributed by atoms with Gasteiger partial charge in [-0.05, 0) is 36.4 Å². The molecule has 1 fully saturated rings. The Morgan fingerprint density at radius 3 is 2.41 bits per heavy atom.